The number of benzene rings is 1. The van der Waals surface area contributed by atoms with Gasteiger partial charge in [0.1, 0.15) is 16.4 Å². The number of thiophene rings is 1. The number of hydrogen-bond donors (Lipinski definition) is 0. The first-order valence-electron chi connectivity index (χ1n) is 7.62. The van der Waals surface area contributed by atoms with Crippen molar-refractivity contribution in [2.75, 3.05) is 14.2 Å². The maximum Gasteiger partial charge on any atom is 0.267 e. The highest BCUT2D eigenvalue weighted by molar-refractivity contribution is 7.17. The summed E-state index contributed by atoms with van der Waals surface area (Å²) in [5.41, 5.74) is 2.08. The van der Waals surface area contributed by atoms with Gasteiger partial charge in [-0.25, -0.2) is 0 Å². The Labute approximate surface area is 145 Å². The Morgan fingerprint density at radius 3 is 2.62 bits per heavy atom. The molecule has 0 aliphatic rings. The molecule has 0 fully saturated rings. The number of methoxy groups -OCH3 is 1. The second-order valence-electron chi connectivity index (χ2n) is 5.54. The van der Waals surface area contributed by atoms with E-state index in [4.69, 9.17) is 9.15 Å². The highest BCUT2D eigenvalue weighted by Gasteiger charge is 2.22. The van der Waals surface area contributed by atoms with E-state index in [0.717, 1.165) is 21.8 Å². The Balaban J connectivity index is 1.86. The van der Waals surface area contributed by atoms with Crippen molar-refractivity contribution in [1.29, 1.82) is 0 Å². The average molecular weight is 341 g/mol. The van der Waals surface area contributed by atoms with Gasteiger partial charge in [0, 0.05) is 24.0 Å². The van der Waals surface area contributed by atoms with Gasteiger partial charge in [-0.3, -0.25) is 4.79 Å². The molecule has 0 atom stereocenters. The quantitative estimate of drug-likeness (QED) is 0.681. The van der Waals surface area contributed by atoms with Crippen LogP contribution in [-0.2, 0) is 6.54 Å². The number of carbonyl (C=O) groups is 1. The van der Waals surface area contributed by atoms with Crippen LogP contribution in [0.1, 0.15) is 21.0 Å². The number of nitrogens with zero attached hydrogens (tertiary/aromatic N) is 1. The first-order chi connectivity index (χ1) is 11.6. The average Bonchev–Trinajstić information content (AvgIpc) is 3.21. The van der Waals surface area contributed by atoms with Crippen LogP contribution in [0.25, 0.3) is 10.4 Å². The maximum atomic E-state index is 12.8. The van der Waals surface area contributed by atoms with Gasteiger partial charge < -0.3 is 14.1 Å². The van der Waals surface area contributed by atoms with Crippen LogP contribution in [0.5, 0.6) is 5.75 Å². The van der Waals surface area contributed by atoms with Crippen molar-refractivity contribution in [3.8, 4) is 16.2 Å². The second kappa shape index (κ2) is 6.93. The van der Waals surface area contributed by atoms with Gasteiger partial charge in [-0.15, -0.1) is 11.3 Å². The fraction of sp³-hybridized carbons (Fsp3) is 0.211. The molecule has 124 valence electrons. The summed E-state index contributed by atoms with van der Waals surface area (Å²) < 4.78 is 10.7. The van der Waals surface area contributed by atoms with Crippen molar-refractivity contribution >= 4 is 17.2 Å². The zero-order valence-electron chi connectivity index (χ0n) is 13.9. The lowest BCUT2D eigenvalue weighted by Gasteiger charge is -2.16. The van der Waals surface area contributed by atoms with Gasteiger partial charge in [0.2, 0.25) is 0 Å². The molecule has 4 nitrogen and oxygen atoms in total. The van der Waals surface area contributed by atoms with E-state index in [0.29, 0.717) is 17.2 Å². The standard InChI is InChI=1S/C19H19NO3S/c1-13-15(9-10-23-13)12-20(2)19(21)18-16(22-3)11-17(24-18)14-7-5-4-6-8-14/h4-11H,12H2,1-3H3. The number of rotatable bonds is 5. The first-order valence-corrected chi connectivity index (χ1v) is 8.43. The minimum atomic E-state index is -0.0559. The summed E-state index contributed by atoms with van der Waals surface area (Å²) in [6, 6.07) is 13.8. The molecular weight excluding hydrogens is 322 g/mol. The molecule has 1 amide bonds. The van der Waals surface area contributed by atoms with Crippen molar-refractivity contribution in [3.63, 3.8) is 0 Å². The topological polar surface area (TPSA) is 42.7 Å². The molecule has 3 aromatic rings. The summed E-state index contributed by atoms with van der Waals surface area (Å²) >= 11 is 1.45. The van der Waals surface area contributed by atoms with Crippen LogP contribution in [0, 0.1) is 6.92 Å². The Morgan fingerprint density at radius 2 is 2.00 bits per heavy atom. The largest absolute Gasteiger partial charge is 0.495 e. The molecule has 5 heteroatoms. The van der Waals surface area contributed by atoms with E-state index in [9.17, 15) is 4.79 Å². The van der Waals surface area contributed by atoms with E-state index >= 15 is 0 Å². The highest BCUT2D eigenvalue weighted by atomic mass is 32.1. The van der Waals surface area contributed by atoms with E-state index in [1.165, 1.54) is 11.3 Å². The zero-order valence-corrected chi connectivity index (χ0v) is 14.7. The van der Waals surface area contributed by atoms with Crippen LogP contribution < -0.4 is 4.74 Å². The van der Waals surface area contributed by atoms with E-state index in [1.54, 1.807) is 25.3 Å². The Hall–Kier alpha value is -2.53. The molecule has 0 unspecified atom stereocenters. The molecule has 0 saturated carbocycles. The minimum absolute atomic E-state index is 0.0559. The lowest BCUT2D eigenvalue weighted by Crippen LogP contribution is -2.25. The Morgan fingerprint density at radius 1 is 1.25 bits per heavy atom. The molecule has 0 aliphatic carbocycles. The van der Waals surface area contributed by atoms with E-state index in [-0.39, 0.29) is 5.91 Å². The molecule has 2 aromatic heterocycles. The molecular formula is C19H19NO3S. The van der Waals surface area contributed by atoms with Gasteiger partial charge in [-0.2, -0.15) is 0 Å². The monoisotopic (exact) mass is 341 g/mol. The van der Waals surface area contributed by atoms with Crippen LogP contribution in [0.3, 0.4) is 0 Å². The lowest BCUT2D eigenvalue weighted by molar-refractivity contribution is 0.0786. The summed E-state index contributed by atoms with van der Waals surface area (Å²) in [5, 5.41) is 0. The molecule has 24 heavy (non-hydrogen) atoms. The zero-order chi connectivity index (χ0) is 17.1. The molecule has 0 aliphatic heterocycles. The molecule has 3 rings (SSSR count). The van der Waals surface area contributed by atoms with Crippen molar-refractivity contribution in [2.24, 2.45) is 0 Å². The number of ether oxygens (including phenoxy) is 1. The predicted octanol–water partition coefficient (Wildman–Crippen LogP) is 4.60. The predicted molar refractivity (Wildman–Crippen MR) is 95.5 cm³/mol. The summed E-state index contributed by atoms with van der Waals surface area (Å²) in [7, 11) is 3.38. The van der Waals surface area contributed by atoms with Crippen molar-refractivity contribution in [2.45, 2.75) is 13.5 Å². The normalized spacial score (nSPS) is 10.6. The third-order valence-electron chi connectivity index (χ3n) is 3.89. The molecule has 0 radical (unpaired) electrons. The van der Waals surface area contributed by atoms with Crippen molar-refractivity contribution in [1.82, 2.24) is 4.90 Å². The molecule has 0 bridgehead atoms. The van der Waals surface area contributed by atoms with Gasteiger partial charge in [0.25, 0.3) is 5.91 Å². The fourth-order valence-corrected chi connectivity index (χ4v) is 3.62. The smallest absolute Gasteiger partial charge is 0.267 e. The molecule has 1 aromatic carbocycles. The maximum absolute atomic E-state index is 12.8. The van der Waals surface area contributed by atoms with Gasteiger partial charge in [-0.05, 0) is 24.6 Å². The van der Waals surface area contributed by atoms with E-state index in [2.05, 4.69) is 0 Å². The minimum Gasteiger partial charge on any atom is -0.495 e. The number of aryl methyl sites for hydroxylation is 1. The molecule has 0 saturated heterocycles. The van der Waals surface area contributed by atoms with Crippen LogP contribution in [0.2, 0.25) is 0 Å². The van der Waals surface area contributed by atoms with Crippen molar-refractivity contribution < 1.29 is 13.9 Å². The number of amides is 1. The van der Waals surface area contributed by atoms with Crippen LogP contribution in [0.15, 0.2) is 53.1 Å². The number of carbonyl (C=O) groups excluding carboxylic acids is 1. The van der Waals surface area contributed by atoms with Gasteiger partial charge in [0.05, 0.1) is 13.4 Å². The van der Waals surface area contributed by atoms with Crippen LogP contribution >= 0.6 is 11.3 Å². The van der Waals surface area contributed by atoms with Gasteiger partial charge in [-0.1, -0.05) is 30.3 Å². The third-order valence-corrected chi connectivity index (χ3v) is 5.04. The fourth-order valence-electron chi connectivity index (χ4n) is 2.50. The van der Waals surface area contributed by atoms with Gasteiger partial charge >= 0.3 is 0 Å². The van der Waals surface area contributed by atoms with Crippen molar-refractivity contribution in [3.05, 3.63) is 64.9 Å². The summed E-state index contributed by atoms with van der Waals surface area (Å²) in [5.74, 6) is 1.39. The van der Waals surface area contributed by atoms with E-state index < -0.39 is 0 Å². The SMILES string of the molecule is COc1cc(-c2ccccc2)sc1C(=O)N(C)Cc1ccoc1C. The van der Waals surface area contributed by atoms with E-state index in [1.807, 2.05) is 49.4 Å². The van der Waals surface area contributed by atoms with Gasteiger partial charge in [0.15, 0.2) is 0 Å². The molecule has 2 heterocycles. The second-order valence-corrected chi connectivity index (χ2v) is 6.59. The third kappa shape index (κ3) is 3.21. The molecule has 0 spiro atoms. The summed E-state index contributed by atoms with van der Waals surface area (Å²) in [6.45, 7) is 2.40. The Bertz CT molecular complexity index is 835. The molecule has 0 N–H and O–H groups in total. The summed E-state index contributed by atoms with van der Waals surface area (Å²) in [4.78, 5) is 16.1. The highest BCUT2D eigenvalue weighted by Crippen LogP contribution is 2.37. The van der Waals surface area contributed by atoms with Crippen LogP contribution in [0.4, 0.5) is 0 Å². The summed E-state index contributed by atoms with van der Waals surface area (Å²) in [6.07, 6.45) is 1.64. The number of furan rings is 1. The first kappa shape index (κ1) is 16.3. The lowest BCUT2D eigenvalue weighted by atomic mass is 10.2. The van der Waals surface area contributed by atoms with Crippen LogP contribution in [-0.4, -0.2) is 25.0 Å². The Kier molecular flexibility index (Phi) is 4.71. The number of hydrogen-bond acceptors (Lipinski definition) is 4.